The number of allylic oxidation sites excluding steroid dienone is 8. The standard InChI is InChI=1S/C13H10.2C6H7.2ClH.Ti/c1-3-7-12(8-4-1)11-13-9-5-2-6-10-13;2*1-6-4-2-3-5-6;;;/h1-10H;2*2,4H,3H2,1H3;2*1H;/q;2*-1;;;+2/p-2. The zero-order valence-electron chi connectivity index (χ0n) is 16.3. The summed E-state index contributed by atoms with van der Waals surface area (Å²) in [6, 6.07) is 20.9. The van der Waals surface area contributed by atoms with Crippen LogP contribution in [-0.2, 0) is 20.0 Å². The summed E-state index contributed by atoms with van der Waals surface area (Å²) in [4.78, 5) is 0. The number of rotatable bonds is 2. The third-order valence-electron chi connectivity index (χ3n) is 3.86. The molecule has 0 spiro atoms. The van der Waals surface area contributed by atoms with Crippen LogP contribution >= 0.6 is 0 Å². The van der Waals surface area contributed by atoms with Crippen molar-refractivity contribution < 1.29 is 44.8 Å². The molecule has 0 bridgehead atoms. The Kier molecular flexibility index (Phi) is 14.7. The van der Waals surface area contributed by atoms with Gasteiger partial charge in [-0.15, -0.1) is 12.8 Å². The molecule has 0 radical (unpaired) electrons. The summed E-state index contributed by atoms with van der Waals surface area (Å²) in [5, 5.41) is 0. The van der Waals surface area contributed by atoms with Gasteiger partial charge in [0.15, 0.2) is 0 Å². The van der Waals surface area contributed by atoms with E-state index in [4.69, 9.17) is 0 Å². The molecular weight excluding hydrogens is 419 g/mol. The van der Waals surface area contributed by atoms with E-state index >= 15 is 0 Å². The molecular formula is C25H24Cl2Ti-2. The number of benzene rings is 2. The van der Waals surface area contributed by atoms with Crippen LogP contribution in [0.25, 0.3) is 0 Å². The first-order valence-corrected chi connectivity index (χ1v) is 9.62. The predicted octanol–water partition coefficient (Wildman–Crippen LogP) is 0.202. The van der Waals surface area contributed by atoms with Crippen molar-refractivity contribution in [3.05, 3.63) is 119 Å². The molecule has 0 saturated carbocycles. The average molecular weight is 443 g/mol. The molecule has 0 aliphatic heterocycles. The van der Waals surface area contributed by atoms with Crippen molar-refractivity contribution in [2.45, 2.75) is 26.7 Å². The molecule has 2 aliphatic rings. The minimum atomic E-state index is 0. The molecule has 0 amide bonds. The van der Waals surface area contributed by atoms with Gasteiger partial charge >= 0.3 is 95.6 Å². The Balaban J connectivity index is 0.000000437. The molecule has 3 heteroatoms. The molecule has 0 saturated heterocycles. The number of hydrogen-bond acceptors (Lipinski definition) is 0. The van der Waals surface area contributed by atoms with Crippen molar-refractivity contribution in [1.82, 2.24) is 0 Å². The van der Waals surface area contributed by atoms with Crippen molar-refractivity contribution in [2.24, 2.45) is 0 Å². The third-order valence-corrected chi connectivity index (χ3v) is 4.76. The molecule has 0 N–H and O–H groups in total. The van der Waals surface area contributed by atoms with Crippen LogP contribution in [0.4, 0.5) is 0 Å². The Morgan fingerprint density at radius 2 is 1.04 bits per heavy atom. The molecule has 28 heavy (non-hydrogen) atoms. The van der Waals surface area contributed by atoms with Gasteiger partial charge in [-0.05, 0) is 0 Å². The molecule has 2 aliphatic carbocycles. The van der Waals surface area contributed by atoms with E-state index in [1.807, 2.05) is 12.1 Å². The van der Waals surface area contributed by atoms with Crippen LogP contribution in [0.2, 0.25) is 0 Å². The fourth-order valence-corrected chi connectivity index (χ4v) is 2.93. The average Bonchev–Trinajstić information content (AvgIpc) is 3.37. The monoisotopic (exact) mass is 442 g/mol. The Hall–Kier alpha value is -1.44. The molecule has 0 heterocycles. The van der Waals surface area contributed by atoms with Crippen LogP contribution in [0.1, 0.15) is 37.8 Å². The molecule has 2 aromatic carbocycles. The SMILES string of the molecule is CC1=[C-]CC=C1.CC1=[C-]CC=C1.[Cl-].[Cl-].[Ti+2]=[C](c1ccccc1)c1ccccc1. The van der Waals surface area contributed by atoms with E-state index in [2.05, 4.69) is 119 Å². The van der Waals surface area contributed by atoms with E-state index in [9.17, 15) is 0 Å². The van der Waals surface area contributed by atoms with Crippen molar-refractivity contribution >= 4 is 3.81 Å². The maximum absolute atomic E-state index is 3.12. The zero-order chi connectivity index (χ0) is 18.6. The van der Waals surface area contributed by atoms with Gasteiger partial charge in [-0.1, -0.05) is 13.8 Å². The second-order valence-electron chi connectivity index (χ2n) is 6.04. The Bertz CT molecular complexity index is 741. The summed E-state index contributed by atoms with van der Waals surface area (Å²) in [5.74, 6) is 0. The predicted molar refractivity (Wildman–Crippen MR) is 108 cm³/mol. The van der Waals surface area contributed by atoms with Crippen LogP contribution in [0.3, 0.4) is 0 Å². The minimum absolute atomic E-state index is 0. The van der Waals surface area contributed by atoms with Gasteiger partial charge in [0.05, 0.1) is 0 Å². The van der Waals surface area contributed by atoms with E-state index in [0.717, 1.165) is 12.8 Å². The Morgan fingerprint density at radius 1 is 0.679 bits per heavy atom. The van der Waals surface area contributed by atoms with E-state index in [0.29, 0.717) is 0 Å². The van der Waals surface area contributed by atoms with Crippen molar-refractivity contribution in [2.75, 3.05) is 0 Å². The van der Waals surface area contributed by atoms with Gasteiger partial charge in [-0.25, -0.2) is 23.3 Å². The summed E-state index contributed by atoms with van der Waals surface area (Å²) >= 11 is 2.16. The normalized spacial score (nSPS) is 12.9. The van der Waals surface area contributed by atoms with Crippen LogP contribution in [-0.4, -0.2) is 3.81 Å². The summed E-state index contributed by atoms with van der Waals surface area (Å²) in [5.41, 5.74) is 5.13. The molecule has 144 valence electrons. The summed E-state index contributed by atoms with van der Waals surface area (Å²) < 4.78 is 1.33. The van der Waals surface area contributed by atoms with Crippen LogP contribution < -0.4 is 24.8 Å². The molecule has 0 fully saturated rings. The zero-order valence-corrected chi connectivity index (χ0v) is 19.3. The molecule has 0 aromatic heterocycles. The van der Waals surface area contributed by atoms with Gasteiger partial charge in [0.1, 0.15) is 0 Å². The second kappa shape index (κ2) is 15.5. The van der Waals surface area contributed by atoms with Gasteiger partial charge in [0, 0.05) is 0 Å². The van der Waals surface area contributed by atoms with Gasteiger partial charge in [0.25, 0.3) is 0 Å². The molecule has 0 unspecified atom stereocenters. The van der Waals surface area contributed by atoms with Crippen molar-refractivity contribution in [3.63, 3.8) is 0 Å². The number of hydrogen-bond donors (Lipinski definition) is 0. The second-order valence-corrected chi connectivity index (χ2v) is 6.82. The topological polar surface area (TPSA) is 0 Å². The first-order chi connectivity index (χ1) is 12.7. The van der Waals surface area contributed by atoms with Gasteiger partial charge in [0.2, 0.25) is 0 Å². The van der Waals surface area contributed by atoms with E-state index < -0.39 is 0 Å². The summed E-state index contributed by atoms with van der Waals surface area (Å²) in [6.45, 7) is 4.12. The Labute approximate surface area is 193 Å². The van der Waals surface area contributed by atoms with E-state index in [-0.39, 0.29) is 24.8 Å². The summed E-state index contributed by atoms with van der Waals surface area (Å²) in [7, 11) is 0. The molecule has 2 aromatic rings. The van der Waals surface area contributed by atoms with Crippen molar-refractivity contribution in [1.29, 1.82) is 0 Å². The summed E-state index contributed by atoms with van der Waals surface area (Å²) in [6.07, 6.45) is 16.7. The van der Waals surface area contributed by atoms with Gasteiger partial charge in [-0.2, -0.15) is 12.2 Å². The van der Waals surface area contributed by atoms with Gasteiger partial charge in [-0.3, -0.25) is 12.2 Å². The van der Waals surface area contributed by atoms with Gasteiger partial charge < -0.3 is 24.8 Å². The maximum atomic E-state index is 3.12. The first-order valence-electron chi connectivity index (χ1n) is 8.84. The van der Waals surface area contributed by atoms with Crippen LogP contribution in [0.5, 0.6) is 0 Å². The number of halogens is 2. The quantitative estimate of drug-likeness (QED) is 0.460. The van der Waals surface area contributed by atoms with E-state index in [1.165, 1.54) is 26.1 Å². The van der Waals surface area contributed by atoms with E-state index in [1.54, 1.807) is 0 Å². The third kappa shape index (κ3) is 10.2. The van der Waals surface area contributed by atoms with Crippen molar-refractivity contribution in [3.8, 4) is 0 Å². The fraction of sp³-hybridized carbons (Fsp3) is 0.160. The van der Waals surface area contributed by atoms with Crippen LogP contribution in [0, 0.1) is 12.2 Å². The fourth-order valence-electron chi connectivity index (χ4n) is 2.41. The molecule has 0 nitrogen and oxygen atoms in total. The first kappa shape index (κ1) is 26.6. The Morgan fingerprint density at radius 3 is 1.25 bits per heavy atom. The van der Waals surface area contributed by atoms with Crippen LogP contribution in [0.15, 0.2) is 96.1 Å². The molecule has 0 atom stereocenters. The molecule has 4 rings (SSSR count).